The van der Waals surface area contributed by atoms with Crippen LogP contribution in [0.4, 0.5) is 0 Å². The van der Waals surface area contributed by atoms with Gasteiger partial charge in [-0.25, -0.2) is 0 Å². The maximum absolute atomic E-state index is 13.0. The van der Waals surface area contributed by atoms with Gasteiger partial charge in [0.2, 0.25) is 0 Å². The van der Waals surface area contributed by atoms with E-state index in [1.807, 2.05) is 72.8 Å². The van der Waals surface area contributed by atoms with Gasteiger partial charge in [0.1, 0.15) is 23.0 Å². The second-order valence-corrected chi connectivity index (χ2v) is 10.5. The van der Waals surface area contributed by atoms with Crippen LogP contribution in [-0.2, 0) is 12.8 Å². The van der Waals surface area contributed by atoms with Crippen molar-refractivity contribution in [1.29, 1.82) is 0 Å². The van der Waals surface area contributed by atoms with E-state index in [1.165, 1.54) is 62.5 Å². The van der Waals surface area contributed by atoms with Crippen LogP contribution in [-0.4, -0.2) is 5.78 Å². The molecule has 0 aliphatic carbocycles. The molecule has 0 unspecified atom stereocenters. The highest BCUT2D eigenvalue weighted by molar-refractivity contribution is 6.09. The molecule has 40 heavy (non-hydrogen) atoms. The Labute approximate surface area is 240 Å². The number of aryl methyl sites for hydroxylation is 2. The number of benzene rings is 4. The van der Waals surface area contributed by atoms with Gasteiger partial charge in [0.05, 0.1) is 0 Å². The summed E-state index contributed by atoms with van der Waals surface area (Å²) in [5.41, 5.74) is 3.93. The Morgan fingerprint density at radius 1 is 0.450 bits per heavy atom. The van der Waals surface area contributed by atoms with Crippen LogP contribution in [0.25, 0.3) is 0 Å². The van der Waals surface area contributed by atoms with Gasteiger partial charge in [0.25, 0.3) is 0 Å². The minimum Gasteiger partial charge on any atom is -0.457 e. The molecule has 4 aromatic rings. The van der Waals surface area contributed by atoms with Gasteiger partial charge < -0.3 is 9.47 Å². The summed E-state index contributed by atoms with van der Waals surface area (Å²) < 4.78 is 12.0. The molecule has 0 N–H and O–H groups in total. The van der Waals surface area contributed by atoms with Crippen molar-refractivity contribution in [2.75, 3.05) is 0 Å². The zero-order chi connectivity index (χ0) is 28.0. The van der Waals surface area contributed by atoms with E-state index in [4.69, 9.17) is 9.47 Å². The highest BCUT2D eigenvalue weighted by atomic mass is 16.5. The Kier molecular flexibility index (Phi) is 11.4. The lowest BCUT2D eigenvalue weighted by Crippen LogP contribution is -2.01. The number of ether oxygens (including phenoxy) is 2. The number of unbranched alkanes of at least 4 members (excludes halogenated alkanes) is 6. The van der Waals surface area contributed by atoms with Crippen molar-refractivity contribution in [3.63, 3.8) is 0 Å². The first-order chi connectivity index (χ1) is 19.6. The molecule has 4 aromatic carbocycles. The maximum Gasteiger partial charge on any atom is 0.193 e. The molecule has 0 fully saturated rings. The van der Waals surface area contributed by atoms with E-state index in [-0.39, 0.29) is 5.78 Å². The molecular weight excluding hydrogens is 492 g/mol. The number of hydrogen-bond acceptors (Lipinski definition) is 3. The lowest BCUT2D eigenvalue weighted by atomic mass is 10.0. The minimum atomic E-state index is -0.0297. The average Bonchev–Trinajstić information content (AvgIpc) is 3.00. The Bertz CT molecular complexity index is 1180. The van der Waals surface area contributed by atoms with Crippen molar-refractivity contribution in [3.05, 3.63) is 119 Å². The summed E-state index contributed by atoms with van der Waals surface area (Å²) >= 11 is 0. The number of rotatable bonds is 16. The second-order valence-electron chi connectivity index (χ2n) is 10.5. The molecule has 0 bridgehead atoms. The molecule has 0 amide bonds. The average molecular weight is 535 g/mol. The van der Waals surface area contributed by atoms with Gasteiger partial charge in [-0.15, -0.1) is 0 Å². The molecule has 0 saturated heterocycles. The van der Waals surface area contributed by atoms with Crippen LogP contribution in [0.3, 0.4) is 0 Å². The van der Waals surface area contributed by atoms with Crippen molar-refractivity contribution < 1.29 is 14.3 Å². The van der Waals surface area contributed by atoms with E-state index in [0.717, 1.165) is 24.3 Å². The van der Waals surface area contributed by atoms with Crippen molar-refractivity contribution in [2.45, 2.75) is 78.1 Å². The number of carbonyl (C=O) groups is 1. The Balaban J connectivity index is 1.27. The van der Waals surface area contributed by atoms with Gasteiger partial charge in [0.15, 0.2) is 5.78 Å². The number of ketones is 1. The Morgan fingerprint density at radius 2 is 0.775 bits per heavy atom. The van der Waals surface area contributed by atoms with Crippen LogP contribution in [0.15, 0.2) is 97.1 Å². The van der Waals surface area contributed by atoms with E-state index in [9.17, 15) is 4.79 Å². The summed E-state index contributed by atoms with van der Waals surface area (Å²) in [6.07, 6.45) is 12.4. The summed E-state index contributed by atoms with van der Waals surface area (Å²) in [6, 6.07) is 31.2. The second kappa shape index (κ2) is 15.7. The first-order valence-electron chi connectivity index (χ1n) is 14.9. The molecule has 0 radical (unpaired) electrons. The topological polar surface area (TPSA) is 35.5 Å². The molecule has 0 aromatic heterocycles. The van der Waals surface area contributed by atoms with E-state index in [0.29, 0.717) is 22.6 Å². The largest absolute Gasteiger partial charge is 0.457 e. The molecule has 3 nitrogen and oxygen atoms in total. The van der Waals surface area contributed by atoms with Crippen molar-refractivity contribution in [3.8, 4) is 23.0 Å². The van der Waals surface area contributed by atoms with Gasteiger partial charge >= 0.3 is 0 Å². The third kappa shape index (κ3) is 9.12. The highest BCUT2D eigenvalue weighted by Crippen LogP contribution is 2.26. The van der Waals surface area contributed by atoms with Gasteiger partial charge in [-0.05, 0) is 110 Å². The van der Waals surface area contributed by atoms with Crippen LogP contribution < -0.4 is 9.47 Å². The van der Waals surface area contributed by atoms with Crippen molar-refractivity contribution in [1.82, 2.24) is 0 Å². The van der Waals surface area contributed by atoms with Gasteiger partial charge in [-0.2, -0.15) is 0 Å². The number of carbonyl (C=O) groups excluding carboxylic acids is 1. The fourth-order valence-electron chi connectivity index (χ4n) is 4.75. The van der Waals surface area contributed by atoms with Gasteiger partial charge in [-0.3, -0.25) is 4.79 Å². The summed E-state index contributed by atoms with van der Waals surface area (Å²) in [6.45, 7) is 4.47. The molecule has 0 heterocycles. The van der Waals surface area contributed by atoms with Crippen LogP contribution >= 0.6 is 0 Å². The fraction of sp³-hybridized carbons (Fsp3) is 0.324. The third-order valence-electron chi connectivity index (χ3n) is 7.19. The first-order valence-corrected chi connectivity index (χ1v) is 14.9. The SMILES string of the molecule is CCCCCCc1ccc(Oc2ccc(C(=O)c3ccc(Oc4ccc(CCCCCC)cc4)cc3)cc2)cc1. The van der Waals surface area contributed by atoms with Crippen LogP contribution in [0, 0.1) is 0 Å². The molecule has 0 atom stereocenters. The molecular formula is C37H42O3. The van der Waals surface area contributed by atoms with E-state index >= 15 is 0 Å². The van der Waals surface area contributed by atoms with Crippen molar-refractivity contribution >= 4 is 5.78 Å². The normalized spacial score (nSPS) is 10.8. The fourth-order valence-corrected chi connectivity index (χ4v) is 4.75. The Morgan fingerprint density at radius 3 is 1.10 bits per heavy atom. The molecule has 208 valence electrons. The number of hydrogen-bond donors (Lipinski definition) is 0. The van der Waals surface area contributed by atoms with E-state index < -0.39 is 0 Å². The molecule has 0 saturated carbocycles. The van der Waals surface area contributed by atoms with Gasteiger partial charge in [0, 0.05) is 11.1 Å². The minimum absolute atomic E-state index is 0.0297. The molecule has 4 rings (SSSR count). The predicted octanol–water partition coefficient (Wildman–Crippen LogP) is 10.7. The van der Waals surface area contributed by atoms with Crippen LogP contribution in [0.1, 0.15) is 92.3 Å². The van der Waals surface area contributed by atoms with E-state index in [2.05, 4.69) is 38.1 Å². The first kappa shape index (κ1) is 29.1. The summed E-state index contributed by atoms with van der Waals surface area (Å²) in [7, 11) is 0. The van der Waals surface area contributed by atoms with Crippen molar-refractivity contribution in [2.24, 2.45) is 0 Å². The summed E-state index contributed by atoms with van der Waals surface area (Å²) in [4.78, 5) is 13.0. The lowest BCUT2D eigenvalue weighted by molar-refractivity contribution is 0.103. The molecule has 3 heteroatoms. The Hall–Kier alpha value is -3.85. The lowest BCUT2D eigenvalue weighted by Gasteiger charge is -2.09. The summed E-state index contributed by atoms with van der Waals surface area (Å²) in [5, 5.41) is 0. The quantitative estimate of drug-likeness (QED) is 0.106. The molecule has 0 spiro atoms. The van der Waals surface area contributed by atoms with E-state index in [1.54, 1.807) is 0 Å². The zero-order valence-corrected chi connectivity index (χ0v) is 24.0. The molecule has 0 aliphatic rings. The smallest absolute Gasteiger partial charge is 0.193 e. The highest BCUT2D eigenvalue weighted by Gasteiger charge is 2.10. The maximum atomic E-state index is 13.0. The summed E-state index contributed by atoms with van der Waals surface area (Å²) in [5.74, 6) is 2.99. The monoisotopic (exact) mass is 534 g/mol. The standard InChI is InChI=1S/C37H42O3/c1-3-5-7-9-11-29-13-21-33(22-14-29)39-35-25-17-31(18-26-35)37(38)32-19-27-36(28-20-32)40-34-23-15-30(16-24-34)12-10-8-6-4-2/h13-28H,3-12H2,1-2H3. The third-order valence-corrected chi connectivity index (χ3v) is 7.19. The predicted molar refractivity (Wildman–Crippen MR) is 165 cm³/mol. The van der Waals surface area contributed by atoms with Gasteiger partial charge in [-0.1, -0.05) is 76.6 Å². The van der Waals surface area contributed by atoms with Crippen LogP contribution in [0.2, 0.25) is 0 Å². The molecule has 0 aliphatic heterocycles. The van der Waals surface area contributed by atoms with Crippen LogP contribution in [0.5, 0.6) is 23.0 Å². The zero-order valence-electron chi connectivity index (χ0n) is 24.0.